The summed E-state index contributed by atoms with van der Waals surface area (Å²) in [7, 11) is 0. The highest BCUT2D eigenvalue weighted by molar-refractivity contribution is 14.0. The van der Waals surface area contributed by atoms with Gasteiger partial charge in [-0.2, -0.15) is 0 Å². The molecule has 2 saturated heterocycles. The molecular weight excluding hydrogens is 483 g/mol. The Labute approximate surface area is 191 Å². The molecule has 29 heavy (non-hydrogen) atoms. The van der Waals surface area contributed by atoms with Crippen molar-refractivity contribution in [2.45, 2.75) is 46.1 Å². The van der Waals surface area contributed by atoms with Crippen LogP contribution < -0.4 is 5.32 Å². The number of halogens is 1. The summed E-state index contributed by atoms with van der Waals surface area (Å²) in [5.74, 6) is 2.31. The smallest absolute Gasteiger partial charge is 0.236 e. The number of amides is 1. The van der Waals surface area contributed by atoms with Crippen molar-refractivity contribution in [2.24, 2.45) is 4.99 Å². The number of hydrogen-bond acceptors (Lipinski definition) is 5. The third-order valence-electron chi connectivity index (χ3n) is 5.38. The van der Waals surface area contributed by atoms with E-state index in [-0.39, 0.29) is 29.9 Å². The fourth-order valence-electron chi connectivity index (χ4n) is 3.63. The number of likely N-dealkylation sites (tertiary alicyclic amines) is 1. The van der Waals surface area contributed by atoms with Crippen LogP contribution in [0.25, 0.3) is 0 Å². The van der Waals surface area contributed by atoms with Crippen LogP contribution in [0.5, 0.6) is 0 Å². The number of nitrogens with one attached hydrogen (secondary N) is 1. The second-order valence-electron chi connectivity index (χ2n) is 7.89. The molecule has 0 aliphatic carbocycles. The minimum atomic E-state index is 0. The number of aliphatic imine (C=N–C) groups is 1. The molecule has 0 aromatic carbocycles. The van der Waals surface area contributed by atoms with E-state index in [2.05, 4.69) is 41.0 Å². The molecular formula is C20H35IN6O2. The lowest BCUT2D eigenvalue weighted by atomic mass is 10.1. The molecule has 3 rings (SSSR count). The minimum absolute atomic E-state index is 0. The Morgan fingerprint density at radius 2 is 1.86 bits per heavy atom. The zero-order valence-corrected chi connectivity index (χ0v) is 20.2. The summed E-state index contributed by atoms with van der Waals surface area (Å²) in [6, 6.07) is 1.99. The van der Waals surface area contributed by atoms with Gasteiger partial charge in [0, 0.05) is 51.9 Å². The van der Waals surface area contributed by atoms with Gasteiger partial charge in [-0.15, -0.1) is 24.0 Å². The lowest BCUT2D eigenvalue weighted by molar-refractivity contribution is -0.131. The maximum Gasteiger partial charge on any atom is 0.236 e. The van der Waals surface area contributed by atoms with Gasteiger partial charge >= 0.3 is 0 Å². The average molecular weight is 518 g/mol. The van der Waals surface area contributed by atoms with E-state index >= 15 is 0 Å². The molecule has 1 N–H and O–H groups in total. The zero-order chi connectivity index (χ0) is 19.9. The summed E-state index contributed by atoms with van der Waals surface area (Å²) in [4.78, 5) is 23.6. The standard InChI is InChI=1S/C20H34N6O2.HI/c1-4-21-20(22-14-17-13-18(16(2)3)23-28-17)26-11-9-24(10-12-26)15-19(27)25-7-5-6-8-25;/h13,16H,4-12,14-15H2,1-3H3,(H,21,22);1H. The molecule has 0 saturated carbocycles. The van der Waals surface area contributed by atoms with Gasteiger partial charge in [-0.25, -0.2) is 4.99 Å². The first-order valence-corrected chi connectivity index (χ1v) is 10.6. The van der Waals surface area contributed by atoms with Crippen molar-refractivity contribution in [3.63, 3.8) is 0 Å². The van der Waals surface area contributed by atoms with Gasteiger partial charge in [0.15, 0.2) is 11.7 Å². The molecule has 8 nitrogen and oxygen atoms in total. The number of rotatable bonds is 6. The van der Waals surface area contributed by atoms with Crippen molar-refractivity contribution >= 4 is 35.8 Å². The van der Waals surface area contributed by atoms with Crippen LogP contribution in [0.15, 0.2) is 15.6 Å². The molecule has 3 heterocycles. The number of hydrogen-bond donors (Lipinski definition) is 1. The molecule has 1 aromatic rings. The van der Waals surface area contributed by atoms with Gasteiger partial charge in [0.25, 0.3) is 0 Å². The van der Waals surface area contributed by atoms with E-state index in [0.29, 0.717) is 19.0 Å². The van der Waals surface area contributed by atoms with Gasteiger partial charge < -0.3 is 19.6 Å². The van der Waals surface area contributed by atoms with E-state index in [1.54, 1.807) is 0 Å². The fourth-order valence-corrected chi connectivity index (χ4v) is 3.63. The van der Waals surface area contributed by atoms with Crippen molar-refractivity contribution < 1.29 is 9.32 Å². The molecule has 2 aliphatic rings. The Balaban J connectivity index is 0.00000300. The van der Waals surface area contributed by atoms with Crippen LogP contribution >= 0.6 is 24.0 Å². The van der Waals surface area contributed by atoms with Crippen LogP contribution in [0.1, 0.15) is 51.0 Å². The predicted octanol–water partition coefficient (Wildman–Crippen LogP) is 2.12. The van der Waals surface area contributed by atoms with Crippen LogP contribution in [-0.4, -0.2) is 84.1 Å². The summed E-state index contributed by atoms with van der Waals surface area (Å²) < 4.78 is 5.40. The highest BCUT2D eigenvalue weighted by Crippen LogP contribution is 2.15. The van der Waals surface area contributed by atoms with Gasteiger partial charge in [0.2, 0.25) is 5.91 Å². The molecule has 0 radical (unpaired) electrons. The Morgan fingerprint density at radius 1 is 1.17 bits per heavy atom. The Hall–Kier alpha value is -1.36. The summed E-state index contributed by atoms with van der Waals surface area (Å²) in [6.07, 6.45) is 2.29. The number of guanidine groups is 1. The third-order valence-corrected chi connectivity index (χ3v) is 5.38. The molecule has 9 heteroatoms. The van der Waals surface area contributed by atoms with Crippen LogP contribution in [0.3, 0.4) is 0 Å². The zero-order valence-electron chi connectivity index (χ0n) is 17.9. The lowest BCUT2D eigenvalue weighted by Gasteiger charge is -2.36. The average Bonchev–Trinajstić information content (AvgIpc) is 3.38. The number of aromatic nitrogens is 1. The van der Waals surface area contributed by atoms with Gasteiger partial charge in [-0.05, 0) is 25.7 Å². The molecule has 2 fully saturated rings. The number of carbonyl (C=O) groups excluding carboxylic acids is 1. The first-order chi connectivity index (χ1) is 13.6. The molecule has 0 unspecified atom stereocenters. The Bertz CT molecular complexity index is 664. The quantitative estimate of drug-likeness (QED) is 0.353. The van der Waals surface area contributed by atoms with Crippen molar-refractivity contribution in [2.75, 3.05) is 52.4 Å². The molecule has 0 bridgehead atoms. The van der Waals surface area contributed by atoms with E-state index in [9.17, 15) is 4.79 Å². The van der Waals surface area contributed by atoms with Crippen molar-refractivity contribution in [1.29, 1.82) is 0 Å². The SMILES string of the molecule is CCNC(=NCc1cc(C(C)C)no1)N1CCN(CC(=O)N2CCCC2)CC1.I. The number of carbonyl (C=O) groups is 1. The van der Waals surface area contributed by atoms with Crippen LogP contribution in [0.4, 0.5) is 0 Å². The van der Waals surface area contributed by atoms with Gasteiger partial charge in [0.1, 0.15) is 6.54 Å². The Morgan fingerprint density at radius 3 is 2.45 bits per heavy atom. The number of piperazine rings is 1. The van der Waals surface area contributed by atoms with Crippen molar-refractivity contribution in [1.82, 2.24) is 25.2 Å². The monoisotopic (exact) mass is 518 g/mol. The highest BCUT2D eigenvalue weighted by Gasteiger charge is 2.24. The maximum atomic E-state index is 12.4. The first kappa shape index (κ1) is 23.9. The highest BCUT2D eigenvalue weighted by atomic mass is 127. The van der Waals surface area contributed by atoms with E-state index in [4.69, 9.17) is 9.52 Å². The van der Waals surface area contributed by atoms with Crippen molar-refractivity contribution in [3.05, 3.63) is 17.5 Å². The fraction of sp³-hybridized carbons (Fsp3) is 0.750. The van der Waals surface area contributed by atoms with Crippen molar-refractivity contribution in [3.8, 4) is 0 Å². The van der Waals surface area contributed by atoms with E-state index in [1.165, 1.54) is 0 Å². The normalized spacial score (nSPS) is 18.3. The van der Waals surface area contributed by atoms with E-state index in [1.807, 2.05) is 11.0 Å². The van der Waals surface area contributed by atoms with Crippen LogP contribution in [0.2, 0.25) is 0 Å². The lowest BCUT2D eigenvalue weighted by Crippen LogP contribution is -2.54. The second-order valence-corrected chi connectivity index (χ2v) is 7.89. The van der Waals surface area contributed by atoms with Crippen LogP contribution in [0, 0.1) is 0 Å². The summed E-state index contributed by atoms with van der Waals surface area (Å²) in [6.45, 7) is 13.5. The predicted molar refractivity (Wildman–Crippen MR) is 125 cm³/mol. The first-order valence-electron chi connectivity index (χ1n) is 10.6. The Kier molecular flexibility index (Phi) is 9.67. The van der Waals surface area contributed by atoms with Gasteiger partial charge in [-0.1, -0.05) is 19.0 Å². The molecule has 0 atom stereocenters. The largest absolute Gasteiger partial charge is 0.359 e. The topological polar surface area (TPSA) is 77.2 Å². The van der Waals surface area contributed by atoms with E-state index < -0.39 is 0 Å². The molecule has 0 spiro atoms. The third kappa shape index (κ3) is 6.84. The second kappa shape index (κ2) is 11.7. The minimum Gasteiger partial charge on any atom is -0.359 e. The molecule has 1 aromatic heterocycles. The maximum absolute atomic E-state index is 12.4. The number of nitrogens with zero attached hydrogens (tertiary/aromatic N) is 5. The molecule has 164 valence electrons. The van der Waals surface area contributed by atoms with Gasteiger partial charge in [-0.3, -0.25) is 9.69 Å². The van der Waals surface area contributed by atoms with E-state index in [0.717, 1.165) is 76.1 Å². The molecule has 1 amide bonds. The summed E-state index contributed by atoms with van der Waals surface area (Å²) in [5.41, 5.74) is 0.964. The molecule has 2 aliphatic heterocycles. The van der Waals surface area contributed by atoms with Crippen LogP contribution in [-0.2, 0) is 11.3 Å². The summed E-state index contributed by atoms with van der Waals surface area (Å²) >= 11 is 0. The summed E-state index contributed by atoms with van der Waals surface area (Å²) in [5, 5.41) is 7.47. The van der Waals surface area contributed by atoms with Gasteiger partial charge in [0.05, 0.1) is 12.2 Å².